The number of fused-ring (bicyclic) bond motifs is 2. The van der Waals surface area contributed by atoms with Crippen molar-refractivity contribution in [2.24, 2.45) is 53.3 Å². The van der Waals surface area contributed by atoms with Crippen molar-refractivity contribution in [1.29, 1.82) is 0 Å². The van der Waals surface area contributed by atoms with Gasteiger partial charge in [0.1, 0.15) is 6.79 Å². The Hall–Kier alpha value is 1.16. The fraction of sp³-hybridized carbons (Fsp3) is 0.977. The Morgan fingerprint density at radius 1 is 0.582 bits per heavy atom. The minimum atomic E-state index is -0.251. The van der Waals surface area contributed by atoms with Crippen LogP contribution in [0.5, 0.6) is 0 Å². The number of hydrogen-bond donors (Lipinski definition) is 3. The maximum absolute atomic E-state index is 9.95. The van der Waals surface area contributed by atoms with Crippen molar-refractivity contribution >= 4 is 64.6 Å². The van der Waals surface area contributed by atoms with E-state index < -0.39 is 0 Å². The van der Waals surface area contributed by atoms with Gasteiger partial charge in [0, 0.05) is 22.4 Å². The number of alkyl halides is 3. The van der Waals surface area contributed by atoms with Crippen LogP contribution in [0.2, 0.25) is 0 Å². The maximum atomic E-state index is 9.95. The molecule has 55 heavy (non-hydrogen) atoms. The molecule has 0 radical (unpaired) electrons. The summed E-state index contributed by atoms with van der Waals surface area (Å²) in [6.45, 7) is 1.25. The van der Waals surface area contributed by atoms with Gasteiger partial charge in [-0.05, 0) is 219 Å². The van der Waals surface area contributed by atoms with Crippen molar-refractivity contribution < 1.29 is 34.6 Å². The highest BCUT2D eigenvalue weighted by Crippen LogP contribution is 2.50. The fourth-order valence-corrected chi connectivity index (χ4v) is 12.5. The Labute approximate surface area is 364 Å². The molecule has 0 heterocycles. The number of rotatable bonds is 16. The smallest absolute Gasteiger partial charge is 0.221 e. The molecule has 0 saturated heterocycles. The zero-order valence-corrected chi connectivity index (χ0v) is 39.2. The number of ether oxygens (including phenoxy) is 2. The molecule has 6 fully saturated rings. The second kappa shape index (κ2) is 27.9. The van der Waals surface area contributed by atoms with Crippen molar-refractivity contribution in [1.82, 2.24) is 0 Å². The van der Waals surface area contributed by atoms with E-state index in [0.29, 0.717) is 25.2 Å². The summed E-state index contributed by atoms with van der Waals surface area (Å²) in [6.07, 6.45) is 30.1. The predicted octanol–water partition coefficient (Wildman–Crippen LogP) is 12.2. The van der Waals surface area contributed by atoms with E-state index in [0.717, 1.165) is 121 Å². The number of aliphatic hydroxyl groups excluding tert-OH is 2. The summed E-state index contributed by atoms with van der Waals surface area (Å²) in [6, 6.07) is 0. The van der Waals surface area contributed by atoms with Crippen molar-refractivity contribution in [3.63, 3.8) is 0 Å². The SMILES string of the molecule is O=C(Cl)CCCBr.OC1CCC(C2CCC3CC(O)CCC3C2)CC1.OOC(CCCBr)C1CCC2CC(C3CCC(OCOCCCBr)CC3)CCC2C1. The van der Waals surface area contributed by atoms with Crippen LogP contribution in [0.3, 0.4) is 0 Å². The highest BCUT2D eigenvalue weighted by atomic mass is 79.9. The third-order valence-electron chi connectivity index (χ3n) is 14.7. The van der Waals surface area contributed by atoms with Gasteiger partial charge < -0.3 is 19.7 Å². The van der Waals surface area contributed by atoms with Gasteiger partial charge in [-0.2, -0.15) is 0 Å². The van der Waals surface area contributed by atoms with Crippen LogP contribution in [0.4, 0.5) is 0 Å². The number of hydrogen-bond acceptors (Lipinski definition) is 7. The van der Waals surface area contributed by atoms with Crippen LogP contribution in [0, 0.1) is 53.3 Å². The normalized spacial score (nSPS) is 36.9. The van der Waals surface area contributed by atoms with Gasteiger partial charge in [-0.15, -0.1) is 0 Å². The first kappa shape index (κ1) is 48.8. The summed E-state index contributed by atoms with van der Waals surface area (Å²) in [5.41, 5.74) is 0. The van der Waals surface area contributed by atoms with E-state index in [1.807, 2.05) is 0 Å². The van der Waals surface area contributed by atoms with E-state index >= 15 is 0 Å². The Balaban J connectivity index is 0.000000226. The highest BCUT2D eigenvalue weighted by Gasteiger charge is 2.41. The molecule has 0 spiro atoms. The van der Waals surface area contributed by atoms with Crippen LogP contribution in [0.25, 0.3) is 0 Å². The van der Waals surface area contributed by atoms with Gasteiger partial charge in [-0.3, -0.25) is 10.1 Å². The lowest BCUT2D eigenvalue weighted by Crippen LogP contribution is -2.38. The third-order valence-corrected chi connectivity index (χ3v) is 16.6. The van der Waals surface area contributed by atoms with Crippen LogP contribution in [0.15, 0.2) is 0 Å². The minimum Gasteiger partial charge on any atom is -0.393 e. The molecule has 9 atom stereocenters. The standard InChI is InChI=1S/C24H42Br2O4.C16H28O2.C4H6BrClO/c25-12-1-3-24(30-27)22-7-6-20-15-19(4-5-21(20)16-22)18-8-10-23(11-9-18)29-17-28-14-2-13-26;17-15-6-3-11(4-7-15)12-1-2-14-10-16(18)8-5-13(14)9-12;5-3-1-2-4(6)7/h18-24,27H,1-17H2;11-18H,1-10H2;1-3H2. The molecule has 0 amide bonds. The Morgan fingerprint density at radius 2 is 1.05 bits per heavy atom. The molecule has 6 saturated carbocycles. The first-order valence-corrected chi connectivity index (χ1v) is 26.2. The molecule has 0 aromatic carbocycles. The van der Waals surface area contributed by atoms with E-state index in [4.69, 9.17) is 26.0 Å². The van der Waals surface area contributed by atoms with Crippen molar-refractivity contribution in [3.05, 3.63) is 0 Å². The zero-order valence-electron chi connectivity index (χ0n) is 33.7. The summed E-state index contributed by atoms with van der Waals surface area (Å²) in [7, 11) is 0. The first-order valence-electron chi connectivity index (χ1n) is 22.5. The van der Waals surface area contributed by atoms with Gasteiger partial charge in [0.15, 0.2) is 0 Å². The minimum absolute atomic E-state index is 0.00683. The molecule has 3 N–H and O–H groups in total. The molecule has 6 aliphatic carbocycles. The van der Waals surface area contributed by atoms with Gasteiger partial charge >= 0.3 is 0 Å². The Bertz CT molecular complexity index is 1010. The predicted molar refractivity (Wildman–Crippen MR) is 234 cm³/mol. The van der Waals surface area contributed by atoms with Crippen LogP contribution in [-0.2, 0) is 19.2 Å². The van der Waals surface area contributed by atoms with Crippen molar-refractivity contribution in [3.8, 4) is 0 Å². The average molecular weight is 992 g/mol. The van der Waals surface area contributed by atoms with Gasteiger partial charge in [0.25, 0.3) is 0 Å². The monoisotopic (exact) mass is 988 g/mol. The summed E-state index contributed by atoms with van der Waals surface area (Å²) >= 11 is 15.1. The molecule has 9 unspecified atom stereocenters. The molecule has 0 bridgehead atoms. The highest BCUT2D eigenvalue weighted by molar-refractivity contribution is 9.09. The van der Waals surface area contributed by atoms with Gasteiger partial charge in [-0.1, -0.05) is 47.8 Å². The zero-order chi connectivity index (χ0) is 39.4. The fourth-order valence-electron chi connectivity index (χ4n) is 11.6. The van der Waals surface area contributed by atoms with E-state index in [1.165, 1.54) is 103 Å². The van der Waals surface area contributed by atoms with E-state index in [-0.39, 0.29) is 23.6 Å². The lowest BCUT2D eigenvalue weighted by molar-refractivity contribution is -0.295. The Kier molecular flexibility index (Phi) is 24.8. The largest absolute Gasteiger partial charge is 0.393 e. The molecule has 0 aromatic heterocycles. The molecule has 6 aliphatic rings. The van der Waals surface area contributed by atoms with Gasteiger partial charge in [-0.25, -0.2) is 4.89 Å². The lowest BCUT2D eigenvalue weighted by Gasteiger charge is -2.46. The molecule has 0 aliphatic heterocycles. The van der Waals surface area contributed by atoms with E-state index in [1.54, 1.807) is 0 Å². The molecule has 6 rings (SSSR count). The summed E-state index contributed by atoms with van der Waals surface area (Å²) in [5, 5.41) is 31.4. The molecule has 7 nitrogen and oxygen atoms in total. The molecule has 0 aromatic rings. The van der Waals surface area contributed by atoms with Crippen LogP contribution in [0.1, 0.15) is 161 Å². The van der Waals surface area contributed by atoms with Crippen LogP contribution in [-0.4, -0.2) is 74.5 Å². The molecular formula is C44H76Br3ClO7. The summed E-state index contributed by atoms with van der Waals surface area (Å²) in [4.78, 5) is 14.8. The van der Waals surface area contributed by atoms with Crippen molar-refractivity contribution in [2.45, 2.75) is 185 Å². The van der Waals surface area contributed by atoms with Gasteiger partial charge in [0.05, 0.1) is 31.0 Å². The Morgan fingerprint density at radius 3 is 1.60 bits per heavy atom. The van der Waals surface area contributed by atoms with Crippen LogP contribution < -0.4 is 0 Å². The summed E-state index contributed by atoms with van der Waals surface area (Å²) in [5.74, 6) is 7.69. The second-order valence-electron chi connectivity index (χ2n) is 18.2. The van der Waals surface area contributed by atoms with Gasteiger partial charge in [0.2, 0.25) is 5.24 Å². The molecule has 322 valence electrons. The first-order chi connectivity index (χ1) is 26.7. The lowest BCUT2D eigenvalue weighted by atomic mass is 9.60. The maximum Gasteiger partial charge on any atom is 0.221 e. The molecule has 11 heteroatoms. The van der Waals surface area contributed by atoms with Crippen molar-refractivity contribution in [2.75, 3.05) is 29.4 Å². The number of halogens is 4. The second-order valence-corrected chi connectivity index (χ2v) is 21.0. The van der Waals surface area contributed by atoms with Crippen LogP contribution >= 0.6 is 59.4 Å². The number of carbonyl (C=O) groups is 1. The topological polar surface area (TPSA) is 105 Å². The average Bonchev–Trinajstić information content (AvgIpc) is 3.21. The van der Waals surface area contributed by atoms with E-state index in [9.17, 15) is 20.3 Å². The third kappa shape index (κ3) is 17.6. The quantitative estimate of drug-likeness (QED) is 0.0353. The summed E-state index contributed by atoms with van der Waals surface area (Å²) < 4.78 is 11.5. The molecular weight excluding hydrogens is 916 g/mol. The van der Waals surface area contributed by atoms with E-state index in [2.05, 4.69) is 47.8 Å². The number of aliphatic hydroxyl groups is 2. The number of carbonyl (C=O) groups excluding carboxylic acids is 1.